The first-order chi connectivity index (χ1) is 6.02. The van der Waals surface area contributed by atoms with E-state index in [9.17, 15) is 14.4 Å². The first-order valence-corrected chi connectivity index (χ1v) is 3.90. The summed E-state index contributed by atoms with van der Waals surface area (Å²) in [6.45, 7) is 2.87. The zero-order valence-corrected chi connectivity index (χ0v) is 7.92. The molecular formula is C8H13NO4. The Morgan fingerprint density at radius 3 is 2.23 bits per heavy atom. The van der Waals surface area contributed by atoms with Gasteiger partial charge in [-0.15, -0.1) is 0 Å². The standard InChI is InChI=1S/C8H13NO4/c1-4-6(11)7(5(2)10)9-8(12)13-3/h7H,4H2,1-3H3,(H,9,12). The van der Waals surface area contributed by atoms with Gasteiger partial charge in [0, 0.05) is 6.42 Å². The van der Waals surface area contributed by atoms with Crippen molar-refractivity contribution in [2.24, 2.45) is 0 Å². The van der Waals surface area contributed by atoms with Gasteiger partial charge in [0.25, 0.3) is 0 Å². The summed E-state index contributed by atoms with van der Waals surface area (Å²) in [6.07, 6.45) is -0.573. The highest BCUT2D eigenvalue weighted by atomic mass is 16.5. The molecule has 0 aliphatic heterocycles. The zero-order chi connectivity index (χ0) is 10.4. The molecule has 0 aromatic rings. The maximum Gasteiger partial charge on any atom is 0.407 e. The molecule has 1 N–H and O–H groups in total. The summed E-state index contributed by atoms with van der Waals surface area (Å²) < 4.78 is 4.27. The SMILES string of the molecule is CCC(=O)C(NC(=O)OC)C(C)=O. The van der Waals surface area contributed by atoms with Crippen molar-refractivity contribution in [3.63, 3.8) is 0 Å². The molecule has 0 aliphatic carbocycles. The maximum atomic E-state index is 11.1. The van der Waals surface area contributed by atoms with Crippen molar-refractivity contribution in [2.75, 3.05) is 7.11 Å². The number of nitrogens with one attached hydrogen (secondary N) is 1. The Bertz CT molecular complexity index is 224. The highest BCUT2D eigenvalue weighted by Crippen LogP contribution is 1.94. The first kappa shape index (κ1) is 11.6. The highest BCUT2D eigenvalue weighted by molar-refractivity contribution is 6.07. The van der Waals surface area contributed by atoms with E-state index in [0.717, 1.165) is 0 Å². The number of hydrogen-bond donors (Lipinski definition) is 1. The summed E-state index contributed by atoms with van der Waals surface area (Å²) in [7, 11) is 1.17. The summed E-state index contributed by atoms with van der Waals surface area (Å²) in [6, 6.07) is -1.07. The van der Waals surface area contributed by atoms with Crippen LogP contribution >= 0.6 is 0 Å². The largest absolute Gasteiger partial charge is 0.453 e. The molecule has 0 aliphatic rings. The lowest BCUT2D eigenvalue weighted by Crippen LogP contribution is -2.45. The van der Waals surface area contributed by atoms with Crippen LogP contribution in [0.2, 0.25) is 0 Å². The predicted octanol–water partition coefficient (Wildman–Crippen LogP) is 0.279. The van der Waals surface area contributed by atoms with Gasteiger partial charge in [0.15, 0.2) is 11.6 Å². The Kier molecular flexibility index (Phi) is 4.72. The van der Waals surface area contributed by atoms with E-state index in [2.05, 4.69) is 10.1 Å². The molecule has 0 bridgehead atoms. The molecular weight excluding hydrogens is 174 g/mol. The lowest BCUT2D eigenvalue weighted by molar-refractivity contribution is -0.128. The van der Waals surface area contributed by atoms with E-state index < -0.39 is 17.9 Å². The van der Waals surface area contributed by atoms with E-state index >= 15 is 0 Å². The van der Waals surface area contributed by atoms with Crippen LogP contribution in [0.15, 0.2) is 0 Å². The van der Waals surface area contributed by atoms with Crippen LogP contribution in [0, 0.1) is 0 Å². The smallest absolute Gasteiger partial charge is 0.407 e. The third-order valence-electron chi connectivity index (χ3n) is 1.52. The van der Waals surface area contributed by atoms with Gasteiger partial charge in [-0.05, 0) is 6.92 Å². The van der Waals surface area contributed by atoms with Crippen LogP contribution in [-0.4, -0.2) is 30.8 Å². The van der Waals surface area contributed by atoms with Gasteiger partial charge in [-0.2, -0.15) is 0 Å². The molecule has 0 rings (SSSR count). The molecule has 0 aromatic heterocycles. The van der Waals surface area contributed by atoms with Gasteiger partial charge in [-0.3, -0.25) is 9.59 Å². The molecule has 1 amide bonds. The number of rotatable bonds is 4. The number of ether oxygens (including phenoxy) is 1. The molecule has 0 spiro atoms. The van der Waals surface area contributed by atoms with E-state index in [0.29, 0.717) is 0 Å². The van der Waals surface area contributed by atoms with Gasteiger partial charge >= 0.3 is 6.09 Å². The number of carbonyl (C=O) groups is 3. The van der Waals surface area contributed by atoms with Crippen LogP contribution in [-0.2, 0) is 14.3 Å². The Hall–Kier alpha value is -1.39. The van der Waals surface area contributed by atoms with E-state index in [-0.39, 0.29) is 12.2 Å². The fourth-order valence-corrected chi connectivity index (χ4v) is 0.790. The average molecular weight is 187 g/mol. The van der Waals surface area contributed by atoms with Crippen LogP contribution < -0.4 is 5.32 Å². The summed E-state index contributed by atoms with van der Waals surface area (Å²) >= 11 is 0. The molecule has 0 aromatic carbocycles. The normalized spacial score (nSPS) is 11.6. The molecule has 13 heavy (non-hydrogen) atoms. The van der Waals surface area contributed by atoms with Gasteiger partial charge < -0.3 is 10.1 Å². The van der Waals surface area contributed by atoms with Crippen molar-refractivity contribution in [1.82, 2.24) is 5.32 Å². The molecule has 5 heteroatoms. The van der Waals surface area contributed by atoms with Crippen molar-refractivity contribution in [3.8, 4) is 0 Å². The van der Waals surface area contributed by atoms with E-state index in [4.69, 9.17) is 0 Å². The lowest BCUT2D eigenvalue weighted by atomic mass is 10.1. The fourth-order valence-electron chi connectivity index (χ4n) is 0.790. The number of Topliss-reactive ketones (excluding diaryl/α,β-unsaturated/α-hetero) is 2. The van der Waals surface area contributed by atoms with Crippen molar-refractivity contribution >= 4 is 17.7 Å². The Morgan fingerprint density at radius 1 is 1.38 bits per heavy atom. The minimum Gasteiger partial charge on any atom is -0.453 e. The molecule has 0 saturated carbocycles. The average Bonchev–Trinajstić information content (AvgIpc) is 2.11. The van der Waals surface area contributed by atoms with Gasteiger partial charge in [0.05, 0.1) is 7.11 Å². The Morgan fingerprint density at radius 2 is 1.92 bits per heavy atom. The number of carbonyl (C=O) groups excluding carboxylic acids is 3. The number of amides is 1. The van der Waals surface area contributed by atoms with Gasteiger partial charge in [0.1, 0.15) is 6.04 Å². The molecule has 0 saturated heterocycles. The van der Waals surface area contributed by atoms with E-state index in [1.165, 1.54) is 14.0 Å². The first-order valence-electron chi connectivity index (χ1n) is 3.90. The predicted molar refractivity (Wildman–Crippen MR) is 45.3 cm³/mol. The minimum absolute atomic E-state index is 0.203. The second-order valence-corrected chi connectivity index (χ2v) is 2.50. The van der Waals surface area contributed by atoms with E-state index in [1.807, 2.05) is 0 Å². The van der Waals surface area contributed by atoms with Crippen molar-refractivity contribution < 1.29 is 19.1 Å². The molecule has 0 radical (unpaired) electrons. The van der Waals surface area contributed by atoms with Gasteiger partial charge in [-0.25, -0.2) is 4.79 Å². The molecule has 0 fully saturated rings. The molecule has 0 heterocycles. The summed E-state index contributed by atoms with van der Waals surface area (Å²) in [4.78, 5) is 32.7. The lowest BCUT2D eigenvalue weighted by Gasteiger charge is -2.12. The molecule has 74 valence electrons. The molecule has 1 atom stereocenters. The quantitative estimate of drug-likeness (QED) is 0.641. The zero-order valence-electron chi connectivity index (χ0n) is 7.92. The van der Waals surface area contributed by atoms with E-state index in [1.54, 1.807) is 6.92 Å². The number of alkyl carbamates (subject to hydrolysis) is 1. The van der Waals surface area contributed by atoms with Crippen molar-refractivity contribution in [3.05, 3.63) is 0 Å². The van der Waals surface area contributed by atoms with Crippen LogP contribution in [0.4, 0.5) is 4.79 Å². The third kappa shape index (κ3) is 3.68. The number of methoxy groups -OCH3 is 1. The third-order valence-corrected chi connectivity index (χ3v) is 1.52. The monoisotopic (exact) mass is 187 g/mol. The molecule has 5 nitrogen and oxygen atoms in total. The number of ketones is 2. The van der Waals surface area contributed by atoms with Crippen LogP contribution in [0.3, 0.4) is 0 Å². The van der Waals surface area contributed by atoms with Crippen LogP contribution in [0.1, 0.15) is 20.3 Å². The summed E-state index contributed by atoms with van der Waals surface area (Å²) in [5.41, 5.74) is 0. The number of hydrogen-bond acceptors (Lipinski definition) is 4. The second-order valence-electron chi connectivity index (χ2n) is 2.50. The summed E-state index contributed by atoms with van der Waals surface area (Å²) in [5, 5.41) is 2.16. The van der Waals surface area contributed by atoms with Crippen molar-refractivity contribution in [1.29, 1.82) is 0 Å². The maximum absolute atomic E-state index is 11.1. The van der Waals surface area contributed by atoms with Crippen LogP contribution in [0.5, 0.6) is 0 Å². The highest BCUT2D eigenvalue weighted by Gasteiger charge is 2.23. The van der Waals surface area contributed by atoms with Crippen molar-refractivity contribution in [2.45, 2.75) is 26.3 Å². The second kappa shape index (κ2) is 5.29. The topological polar surface area (TPSA) is 72.5 Å². The van der Waals surface area contributed by atoms with Crippen LogP contribution in [0.25, 0.3) is 0 Å². The van der Waals surface area contributed by atoms with Gasteiger partial charge in [0.2, 0.25) is 0 Å². The Labute approximate surface area is 76.4 Å². The molecule has 1 unspecified atom stereocenters. The minimum atomic E-state index is -1.07. The Balaban J connectivity index is 4.35. The summed E-state index contributed by atoms with van der Waals surface area (Å²) in [5.74, 6) is -0.713. The fraction of sp³-hybridized carbons (Fsp3) is 0.625. The van der Waals surface area contributed by atoms with Gasteiger partial charge in [-0.1, -0.05) is 6.92 Å².